The van der Waals surface area contributed by atoms with E-state index in [0.29, 0.717) is 9.90 Å². The van der Waals surface area contributed by atoms with Crippen LogP contribution in [0.25, 0.3) is 10.1 Å². The van der Waals surface area contributed by atoms with Gasteiger partial charge in [-0.2, -0.15) is 0 Å². The number of fused-ring (bicyclic) bond motifs is 1. The Morgan fingerprint density at radius 1 is 1.18 bits per heavy atom. The molecule has 2 aromatic carbocycles. The van der Waals surface area contributed by atoms with Crippen LogP contribution < -0.4 is 5.32 Å². The molecule has 5 heteroatoms. The lowest BCUT2D eigenvalue weighted by molar-refractivity contribution is 0.103. The number of amides is 1. The molecule has 0 fully saturated rings. The topological polar surface area (TPSA) is 29.1 Å². The van der Waals surface area contributed by atoms with E-state index in [-0.39, 0.29) is 5.91 Å². The van der Waals surface area contributed by atoms with Crippen molar-refractivity contribution in [2.75, 3.05) is 5.32 Å². The zero-order valence-corrected chi connectivity index (χ0v) is 15.2. The van der Waals surface area contributed by atoms with Crippen molar-refractivity contribution < 1.29 is 4.79 Å². The van der Waals surface area contributed by atoms with E-state index in [1.165, 1.54) is 11.3 Å². The van der Waals surface area contributed by atoms with Crippen LogP contribution in [0.15, 0.2) is 40.9 Å². The van der Waals surface area contributed by atoms with E-state index in [1.807, 2.05) is 50.2 Å². The summed E-state index contributed by atoms with van der Waals surface area (Å²) in [5.41, 5.74) is 2.86. The number of hydrogen-bond donors (Lipinski definition) is 1. The van der Waals surface area contributed by atoms with Gasteiger partial charge in [-0.1, -0.05) is 45.7 Å². The van der Waals surface area contributed by atoms with Crippen LogP contribution in [0.1, 0.15) is 20.8 Å². The van der Waals surface area contributed by atoms with Gasteiger partial charge >= 0.3 is 0 Å². The van der Waals surface area contributed by atoms with Crippen LogP contribution in [0.5, 0.6) is 0 Å². The number of thiophene rings is 1. The molecule has 0 radical (unpaired) electrons. The Morgan fingerprint density at radius 3 is 2.45 bits per heavy atom. The fourth-order valence-corrected chi connectivity index (χ4v) is 4.54. The summed E-state index contributed by atoms with van der Waals surface area (Å²) >= 11 is 11.2. The van der Waals surface area contributed by atoms with E-state index in [9.17, 15) is 4.79 Å². The second kappa shape index (κ2) is 6.03. The van der Waals surface area contributed by atoms with E-state index < -0.39 is 0 Å². The van der Waals surface area contributed by atoms with Gasteiger partial charge in [-0.3, -0.25) is 4.79 Å². The first-order valence-corrected chi connectivity index (χ1v) is 8.71. The lowest BCUT2D eigenvalue weighted by atomic mass is 10.1. The summed E-state index contributed by atoms with van der Waals surface area (Å²) in [4.78, 5) is 13.1. The average Bonchev–Trinajstić information content (AvgIpc) is 2.80. The van der Waals surface area contributed by atoms with Crippen molar-refractivity contribution in [1.82, 2.24) is 0 Å². The van der Waals surface area contributed by atoms with E-state index in [4.69, 9.17) is 11.6 Å². The summed E-state index contributed by atoms with van der Waals surface area (Å²) < 4.78 is 2.02. The maximum atomic E-state index is 12.6. The summed E-state index contributed by atoms with van der Waals surface area (Å²) in [7, 11) is 0. The first-order chi connectivity index (χ1) is 10.5. The molecule has 0 saturated heterocycles. The van der Waals surface area contributed by atoms with Crippen LogP contribution in [0.4, 0.5) is 5.69 Å². The first kappa shape index (κ1) is 15.5. The highest BCUT2D eigenvalue weighted by Crippen LogP contribution is 2.36. The minimum Gasteiger partial charge on any atom is -0.321 e. The standard InChI is InChI=1S/C17H13BrClNOS/c1-9-7-11(18)8-10(2)15(9)20-17(21)16-14(19)12-5-3-4-6-13(12)22-16/h3-8H,1-2H3,(H,20,21). The maximum Gasteiger partial charge on any atom is 0.267 e. The van der Waals surface area contributed by atoms with Gasteiger partial charge in [0.1, 0.15) is 4.88 Å². The fraction of sp³-hybridized carbons (Fsp3) is 0.118. The molecule has 0 aliphatic heterocycles. The highest BCUT2D eigenvalue weighted by molar-refractivity contribution is 9.10. The van der Waals surface area contributed by atoms with Gasteiger partial charge in [-0.25, -0.2) is 0 Å². The number of aryl methyl sites for hydroxylation is 2. The number of rotatable bonds is 2. The van der Waals surface area contributed by atoms with Crippen molar-refractivity contribution in [3.63, 3.8) is 0 Å². The largest absolute Gasteiger partial charge is 0.321 e. The molecule has 0 atom stereocenters. The molecule has 112 valence electrons. The molecule has 3 rings (SSSR count). The number of halogens is 2. The van der Waals surface area contributed by atoms with Crippen molar-refractivity contribution in [3.8, 4) is 0 Å². The van der Waals surface area contributed by atoms with Crippen LogP contribution in [-0.2, 0) is 0 Å². The third-order valence-electron chi connectivity index (χ3n) is 3.48. The highest BCUT2D eigenvalue weighted by Gasteiger charge is 2.18. The number of anilines is 1. The monoisotopic (exact) mass is 393 g/mol. The van der Waals surface area contributed by atoms with Crippen molar-refractivity contribution in [2.24, 2.45) is 0 Å². The Labute approximate surface area is 146 Å². The molecule has 0 unspecified atom stereocenters. The molecule has 0 aliphatic carbocycles. The van der Waals surface area contributed by atoms with Gasteiger partial charge in [-0.05, 0) is 43.2 Å². The Balaban J connectivity index is 1.99. The van der Waals surface area contributed by atoms with E-state index >= 15 is 0 Å². The summed E-state index contributed by atoms with van der Waals surface area (Å²) in [5.74, 6) is -0.167. The number of hydrogen-bond acceptors (Lipinski definition) is 2. The van der Waals surface area contributed by atoms with Crippen LogP contribution >= 0.6 is 38.9 Å². The third-order valence-corrected chi connectivity index (χ3v) is 5.61. The highest BCUT2D eigenvalue weighted by atomic mass is 79.9. The molecule has 0 spiro atoms. The second-order valence-corrected chi connectivity index (χ2v) is 7.46. The van der Waals surface area contributed by atoms with Crippen LogP contribution in [0, 0.1) is 13.8 Å². The maximum absolute atomic E-state index is 12.6. The van der Waals surface area contributed by atoms with Gasteiger partial charge < -0.3 is 5.32 Å². The molecule has 1 heterocycles. The summed E-state index contributed by atoms with van der Waals surface area (Å²) in [6.45, 7) is 3.94. The van der Waals surface area contributed by atoms with Gasteiger partial charge in [0.15, 0.2) is 0 Å². The zero-order chi connectivity index (χ0) is 15.9. The molecule has 0 saturated carbocycles. The number of carbonyl (C=O) groups excluding carboxylic acids is 1. The summed E-state index contributed by atoms with van der Waals surface area (Å²) in [6.07, 6.45) is 0. The van der Waals surface area contributed by atoms with Crippen LogP contribution in [-0.4, -0.2) is 5.91 Å². The summed E-state index contributed by atoms with van der Waals surface area (Å²) in [6, 6.07) is 11.7. The van der Waals surface area contributed by atoms with Gasteiger partial charge in [-0.15, -0.1) is 11.3 Å². The summed E-state index contributed by atoms with van der Waals surface area (Å²) in [5, 5.41) is 4.43. The second-order valence-electron chi connectivity index (χ2n) is 5.11. The van der Waals surface area contributed by atoms with Crippen molar-refractivity contribution in [3.05, 3.63) is 61.9 Å². The molecule has 1 N–H and O–H groups in total. The lowest BCUT2D eigenvalue weighted by Crippen LogP contribution is -2.12. The van der Waals surface area contributed by atoms with E-state index in [0.717, 1.165) is 31.4 Å². The first-order valence-electron chi connectivity index (χ1n) is 6.72. The van der Waals surface area contributed by atoms with Crippen molar-refractivity contribution >= 4 is 60.5 Å². The Kier molecular flexibility index (Phi) is 4.26. The number of carbonyl (C=O) groups is 1. The zero-order valence-electron chi connectivity index (χ0n) is 12.0. The molecule has 0 aliphatic rings. The van der Waals surface area contributed by atoms with Gasteiger partial charge in [0, 0.05) is 20.2 Å². The molecule has 2 nitrogen and oxygen atoms in total. The Bertz CT molecular complexity index is 864. The van der Waals surface area contributed by atoms with Gasteiger partial charge in [0.2, 0.25) is 0 Å². The number of benzene rings is 2. The quantitative estimate of drug-likeness (QED) is 0.552. The predicted molar refractivity (Wildman–Crippen MR) is 98.4 cm³/mol. The fourth-order valence-electron chi connectivity index (χ4n) is 2.44. The number of nitrogens with one attached hydrogen (secondary N) is 1. The molecular weight excluding hydrogens is 382 g/mol. The molecule has 1 amide bonds. The van der Waals surface area contributed by atoms with Gasteiger partial charge in [0.25, 0.3) is 5.91 Å². The van der Waals surface area contributed by atoms with Crippen molar-refractivity contribution in [2.45, 2.75) is 13.8 Å². The predicted octanol–water partition coefficient (Wildman–Crippen LogP) is 6.19. The molecule has 22 heavy (non-hydrogen) atoms. The van der Waals surface area contributed by atoms with E-state index in [2.05, 4.69) is 21.2 Å². The van der Waals surface area contributed by atoms with Crippen LogP contribution in [0.2, 0.25) is 5.02 Å². The van der Waals surface area contributed by atoms with Gasteiger partial charge in [0.05, 0.1) is 5.02 Å². The molecule has 0 bridgehead atoms. The SMILES string of the molecule is Cc1cc(Br)cc(C)c1NC(=O)c1sc2ccccc2c1Cl. The minimum absolute atomic E-state index is 0.167. The minimum atomic E-state index is -0.167. The smallest absolute Gasteiger partial charge is 0.267 e. The van der Waals surface area contributed by atoms with Crippen LogP contribution in [0.3, 0.4) is 0 Å². The molecule has 3 aromatic rings. The Hall–Kier alpha value is -1.36. The average molecular weight is 395 g/mol. The third kappa shape index (κ3) is 2.78. The normalized spacial score (nSPS) is 10.9. The Morgan fingerprint density at radius 2 is 1.82 bits per heavy atom. The van der Waals surface area contributed by atoms with E-state index in [1.54, 1.807) is 0 Å². The van der Waals surface area contributed by atoms with Crippen molar-refractivity contribution in [1.29, 1.82) is 0 Å². The lowest BCUT2D eigenvalue weighted by Gasteiger charge is -2.11. The molecular formula is C17H13BrClNOS. The molecule has 1 aromatic heterocycles.